The van der Waals surface area contributed by atoms with Gasteiger partial charge in [0, 0.05) is 18.5 Å². The van der Waals surface area contributed by atoms with Gasteiger partial charge < -0.3 is 10.6 Å². The third kappa shape index (κ3) is 2.69. The minimum Gasteiger partial charge on any atom is -0.338 e. The summed E-state index contributed by atoms with van der Waals surface area (Å²) in [6.07, 6.45) is 4.62. The van der Waals surface area contributed by atoms with Crippen LogP contribution in [0.4, 0.5) is 4.39 Å². The van der Waals surface area contributed by atoms with E-state index in [0.29, 0.717) is 6.54 Å². The lowest BCUT2D eigenvalue weighted by molar-refractivity contribution is -0.137. The minimum atomic E-state index is -0.647. The van der Waals surface area contributed by atoms with Gasteiger partial charge in [0.2, 0.25) is 5.91 Å². The summed E-state index contributed by atoms with van der Waals surface area (Å²) < 4.78 is 13.0. The molecule has 2 N–H and O–H groups in total. The molecule has 1 amide bonds. The van der Waals surface area contributed by atoms with Gasteiger partial charge in [0.05, 0.1) is 5.54 Å². The molecule has 0 bridgehead atoms. The molecule has 0 spiro atoms. The summed E-state index contributed by atoms with van der Waals surface area (Å²) in [7, 11) is 0. The molecule has 2 fully saturated rings. The zero-order valence-corrected chi connectivity index (χ0v) is 12.5. The first-order chi connectivity index (χ1) is 9.99. The van der Waals surface area contributed by atoms with Gasteiger partial charge in [-0.15, -0.1) is 0 Å². The minimum absolute atomic E-state index is 0.108. The first-order valence-electron chi connectivity index (χ1n) is 7.85. The second kappa shape index (κ2) is 5.41. The van der Waals surface area contributed by atoms with E-state index in [9.17, 15) is 9.18 Å². The Labute approximate surface area is 125 Å². The number of carbonyl (C=O) groups is 1. The monoisotopic (exact) mass is 290 g/mol. The normalized spacial score (nSPS) is 28.0. The molecule has 1 aromatic rings. The second-order valence-corrected chi connectivity index (χ2v) is 6.65. The van der Waals surface area contributed by atoms with Gasteiger partial charge >= 0.3 is 0 Å². The number of nitrogens with zero attached hydrogens (tertiary/aromatic N) is 1. The zero-order valence-electron chi connectivity index (χ0n) is 12.5. The second-order valence-electron chi connectivity index (χ2n) is 6.65. The highest BCUT2D eigenvalue weighted by Crippen LogP contribution is 2.36. The molecule has 3 nitrogen and oxygen atoms in total. The van der Waals surface area contributed by atoms with E-state index < -0.39 is 5.54 Å². The quantitative estimate of drug-likeness (QED) is 0.910. The molecule has 2 atom stereocenters. The van der Waals surface area contributed by atoms with E-state index in [1.54, 1.807) is 0 Å². The lowest BCUT2D eigenvalue weighted by atomic mass is 9.96. The van der Waals surface area contributed by atoms with Crippen LogP contribution in [-0.4, -0.2) is 28.9 Å². The highest BCUT2D eigenvalue weighted by Gasteiger charge is 2.44. The lowest BCUT2D eigenvalue weighted by Gasteiger charge is -2.31. The van der Waals surface area contributed by atoms with Crippen molar-refractivity contribution in [3.63, 3.8) is 0 Å². The van der Waals surface area contributed by atoms with Crippen molar-refractivity contribution in [2.45, 2.75) is 56.5 Å². The van der Waals surface area contributed by atoms with E-state index in [2.05, 4.69) is 6.92 Å². The Bertz CT molecular complexity index is 522. The molecule has 1 heterocycles. The fourth-order valence-electron chi connectivity index (χ4n) is 3.80. The van der Waals surface area contributed by atoms with E-state index in [4.69, 9.17) is 5.73 Å². The number of hydrogen-bond donors (Lipinski definition) is 1. The molecule has 0 aromatic heterocycles. The third-order valence-electron chi connectivity index (χ3n) is 5.10. The van der Waals surface area contributed by atoms with E-state index in [-0.39, 0.29) is 23.7 Å². The maximum atomic E-state index is 13.0. The van der Waals surface area contributed by atoms with Crippen molar-refractivity contribution < 1.29 is 9.18 Å². The van der Waals surface area contributed by atoms with Crippen LogP contribution in [0.5, 0.6) is 0 Å². The van der Waals surface area contributed by atoms with Crippen molar-refractivity contribution in [1.82, 2.24) is 4.90 Å². The number of carbonyl (C=O) groups excluding carboxylic acids is 1. The third-order valence-corrected chi connectivity index (χ3v) is 5.10. The van der Waals surface area contributed by atoms with Gasteiger partial charge in [0.15, 0.2) is 0 Å². The van der Waals surface area contributed by atoms with Gasteiger partial charge in [-0.1, -0.05) is 25.0 Å². The topological polar surface area (TPSA) is 46.3 Å². The van der Waals surface area contributed by atoms with Crippen LogP contribution in [0.25, 0.3) is 0 Å². The average molecular weight is 290 g/mol. The fourth-order valence-corrected chi connectivity index (χ4v) is 3.80. The molecular formula is C17H23FN2O. The van der Waals surface area contributed by atoms with Crippen LogP contribution in [0, 0.1) is 5.82 Å². The standard InChI is InChI=1S/C17H23FN2O/c1-12-10-14(13-4-6-15(18)7-5-13)11-20(12)16(21)17(19)8-2-3-9-17/h4-7,12,14H,2-3,8-11,19H2,1H3. The predicted octanol–water partition coefficient (Wildman–Crippen LogP) is 2.80. The molecule has 1 aliphatic carbocycles. The molecule has 1 aliphatic heterocycles. The van der Waals surface area contributed by atoms with Crippen molar-refractivity contribution in [1.29, 1.82) is 0 Å². The molecule has 1 saturated carbocycles. The Hall–Kier alpha value is -1.42. The number of hydrogen-bond acceptors (Lipinski definition) is 2. The van der Waals surface area contributed by atoms with Crippen LogP contribution in [0.3, 0.4) is 0 Å². The van der Waals surface area contributed by atoms with Crippen molar-refractivity contribution in [2.24, 2.45) is 5.73 Å². The van der Waals surface area contributed by atoms with E-state index >= 15 is 0 Å². The summed E-state index contributed by atoms with van der Waals surface area (Å²) in [6, 6.07) is 6.84. The van der Waals surface area contributed by atoms with Crippen molar-refractivity contribution in [3.8, 4) is 0 Å². The number of halogens is 1. The van der Waals surface area contributed by atoms with Gasteiger partial charge in [0.1, 0.15) is 5.82 Å². The van der Waals surface area contributed by atoms with E-state index in [1.165, 1.54) is 12.1 Å². The summed E-state index contributed by atoms with van der Waals surface area (Å²) in [5.41, 5.74) is 6.77. The molecule has 0 radical (unpaired) electrons. The zero-order chi connectivity index (χ0) is 15.0. The number of likely N-dealkylation sites (tertiary alicyclic amines) is 1. The van der Waals surface area contributed by atoms with Gasteiger partial charge in [-0.2, -0.15) is 0 Å². The first kappa shape index (κ1) is 14.5. The van der Waals surface area contributed by atoms with Crippen LogP contribution < -0.4 is 5.73 Å². The van der Waals surface area contributed by atoms with Crippen LogP contribution in [-0.2, 0) is 4.79 Å². The van der Waals surface area contributed by atoms with Crippen LogP contribution >= 0.6 is 0 Å². The first-order valence-corrected chi connectivity index (χ1v) is 7.85. The SMILES string of the molecule is CC1CC(c2ccc(F)cc2)CN1C(=O)C1(N)CCCC1. The number of amides is 1. The highest BCUT2D eigenvalue weighted by atomic mass is 19.1. The number of benzene rings is 1. The molecule has 21 heavy (non-hydrogen) atoms. The van der Waals surface area contributed by atoms with Gasteiger partial charge in [-0.05, 0) is 43.9 Å². The molecule has 2 unspecified atom stereocenters. The van der Waals surface area contributed by atoms with Crippen LogP contribution in [0.15, 0.2) is 24.3 Å². The fraction of sp³-hybridized carbons (Fsp3) is 0.588. The molecule has 2 aliphatic rings. The van der Waals surface area contributed by atoms with E-state index in [1.807, 2.05) is 17.0 Å². The Morgan fingerprint density at radius 3 is 2.52 bits per heavy atom. The highest BCUT2D eigenvalue weighted by molar-refractivity contribution is 5.87. The maximum absolute atomic E-state index is 13.0. The Balaban J connectivity index is 1.74. The van der Waals surface area contributed by atoms with Crippen LogP contribution in [0.2, 0.25) is 0 Å². The van der Waals surface area contributed by atoms with Gasteiger partial charge in [-0.3, -0.25) is 4.79 Å². The van der Waals surface area contributed by atoms with Crippen molar-refractivity contribution >= 4 is 5.91 Å². The molecule has 1 saturated heterocycles. The molecule has 3 rings (SSSR count). The number of rotatable bonds is 2. The smallest absolute Gasteiger partial charge is 0.242 e. The van der Waals surface area contributed by atoms with Crippen LogP contribution in [0.1, 0.15) is 50.5 Å². The number of nitrogens with two attached hydrogens (primary N) is 1. The Morgan fingerprint density at radius 1 is 1.29 bits per heavy atom. The largest absolute Gasteiger partial charge is 0.338 e. The maximum Gasteiger partial charge on any atom is 0.242 e. The predicted molar refractivity (Wildman–Crippen MR) is 80.3 cm³/mol. The molecule has 1 aromatic carbocycles. The summed E-state index contributed by atoms with van der Waals surface area (Å²) in [4.78, 5) is 14.7. The van der Waals surface area contributed by atoms with Crippen molar-refractivity contribution in [3.05, 3.63) is 35.6 Å². The summed E-state index contributed by atoms with van der Waals surface area (Å²) in [5, 5.41) is 0. The van der Waals surface area contributed by atoms with E-state index in [0.717, 1.165) is 37.7 Å². The Kier molecular flexibility index (Phi) is 3.74. The summed E-state index contributed by atoms with van der Waals surface area (Å²) in [5.74, 6) is 0.177. The average Bonchev–Trinajstić information content (AvgIpc) is 3.06. The Morgan fingerprint density at radius 2 is 1.90 bits per heavy atom. The summed E-state index contributed by atoms with van der Waals surface area (Å²) in [6.45, 7) is 2.78. The molecule has 4 heteroatoms. The van der Waals surface area contributed by atoms with Crippen molar-refractivity contribution in [2.75, 3.05) is 6.54 Å². The lowest BCUT2D eigenvalue weighted by Crippen LogP contribution is -2.54. The summed E-state index contributed by atoms with van der Waals surface area (Å²) >= 11 is 0. The van der Waals surface area contributed by atoms with Gasteiger partial charge in [0.25, 0.3) is 0 Å². The van der Waals surface area contributed by atoms with Gasteiger partial charge in [-0.25, -0.2) is 4.39 Å². The molecular weight excluding hydrogens is 267 g/mol. The molecule has 114 valence electrons.